The van der Waals surface area contributed by atoms with Crippen LogP contribution in [0.1, 0.15) is 40.0 Å². The molecule has 0 aliphatic carbocycles. The van der Waals surface area contributed by atoms with Crippen LogP contribution in [0.2, 0.25) is 0 Å². The second kappa shape index (κ2) is 5.95. The number of nitrogen functional groups attached to an aromatic ring is 1. The van der Waals surface area contributed by atoms with E-state index in [1.807, 2.05) is 18.2 Å². The molecule has 0 amide bonds. The monoisotopic (exact) mass is 261 g/mol. The topological polar surface area (TPSA) is 64.1 Å². The molecule has 0 fully saturated rings. The summed E-state index contributed by atoms with van der Waals surface area (Å²) >= 11 is 0. The number of oxazole rings is 1. The van der Waals surface area contributed by atoms with Gasteiger partial charge in [0.1, 0.15) is 5.52 Å². The molecule has 3 N–H and O–H groups in total. The van der Waals surface area contributed by atoms with Crippen molar-refractivity contribution in [2.75, 3.05) is 11.1 Å². The van der Waals surface area contributed by atoms with E-state index in [9.17, 15) is 0 Å². The predicted molar refractivity (Wildman–Crippen MR) is 80.2 cm³/mol. The molecule has 1 atom stereocenters. The number of hydrogen-bond donors (Lipinski definition) is 2. The minimum absolute atomic E-state index is 0.365. The second-order valence-corrected chi connectivity index (χ2v) is 5.62. The van der Waals surface area contributed by atoms with Gasteiger partial charge in [0.15, 0.2) is 5.58 Å². The third kappa shape index (κ3) is 3.88. The molecular formula is C15H23N3O. The summed E-state index contributed by atoms with van der Waals surface area (Å²) in [6.07, 6.45) is 3.61. The van der Waals surface area contributed by atoms with Gasteiger partial charge in [0.05, 0.1) is 0 Å². The van der Waals surface area contributed by atoms with Crippen molar-refractivity contribution in [1.29, 1.82) is 0 Å². The third-order valence-corrected chi connectivity index (χ3v) is 3.20. The fourth-order valence-corrected chi connectivity index (χ4v) is 2.12. The highest BCUT2D eigenvalue weighted by atomic mass is 16.4. The summed E-state index contributed by atoms with van der Waals surface area (Å²) in [7, 11) is 0. The second-order valence-electron chi connectivity index (χ2n) is 5.62. The zero-order valence-electron chi connectivity index (χ0n) is 11.9. The summed E-state index contributed by atoms with van der Waals surface area (Å²) in [5.41, 5.74) is 8.00. The lowest BCUT2D eigenvalue weighted by Crippen LogP contribution is -2.15. The summed E-state index contributed by atoms with van der Waals surface area (Å²) in [5.74, 6) is 0.763. The Hall–Kier alpha value is -1.71. The number of benzene rings is 1. The van der Waals surface area contributed by atoms with Crippen LogP contribution in [0.25, 0.3) is 11.1 Å². The summed E-state index contributed by atoms with van der Waals surface area (Å²) in [4.78, 5) is 4.40. The number of rotatable bonds is 6. The molecule has 0 bridgehead atoms. The van der Waals surface area contributed by atoms with Crippen LogP contribution in [-0.2, 0) is 0 Å². The van der Waals surface area contributed by atoms with Crippen molar-refractivity contribution in [3.05, 3.63) is 18.2 Å². The van der Waals surface area contributed by atoms with Gasteiger partial charge < -0.3 is 15.5 Å². The molecule has 0 saturated carbocycles. The quantitative estimate of drug-likeness (QED) is 0.770. The molecule has 0 spiro atoms. The molecule has 4 heteroatoms. The van der Waals surface area contributed by atoms with E-state index < -0.39 is 0 Å². The normalized spacial score (nSPS) is 13.1. The summed E-state index contributed by atoms with van der Waals surface area (Å²) in [6.45, 7) is 6.66. The fourth-order valence-electron chi connectivity index (χ4n) is 2.12. The maximum atomic E-state index is 5.73. The zero-order chi connectivity index (χ0) is 13.8. The van der Waals surface area contributed by atoms with Gasteiger partial charge >= 0.3 is 0 Å². The van der Waals surface area contributed by atoms with Crippen molar-refractivity contribution in [2.45, 2.75) is 46.1 Å². The molecule has 2 aromatic rings. The average molecular weight is 261 g/mol. The molecule has 2 rings (SSSR count). The number of fused-ring (bicyclic) bond motifs is 1. The van der Waals surface area contributed by atoms with Crippen LogP contribution < -0.4 is 11.1 Å². The molecule has 1 aromatic heterocycles. The van der Waals surface area contributed by atoms with Crippen LogP contribution >= 0.6 is 0 Å². The molecular weight excluding hydrogens is 238 g/mol. The van der Waals surface area contributed by atoms with E-state index in [1.54, 1.807) is 0 Å². The molecule has 104 valence electrons. The van der Waals surface area contributed by atoms with Crippen molar-refractivity contribution >= 4 is 22.8 Å². The lowest BCUT2D eigenvalue weighted by Gasteiger charge is -2.12. The van der Waals surface area contributed by atoms with Crippen LogP contribution in [0.3, 0.4) is 0 Å². The SMILES string of the molecule is CC(C)CCCC(C)Nc1nc2cc(N)ccc2o1. The Morgan fingerprint density at radius 3 is 2.79 bits per heavy atom. The zero-order valence-corrected chi connectivity index (χ0v) is 11.9. The summed E-state index contributed by atoms with van der Waals surface area (Å²) < 4.78 is 5.64. The molecule has 0 radical (unpaired) electrons. The van der Waals surface area contributed by atoms with Gasteiger partial charge in [-0.3, -0.25) is 0 Å². The molecule has 1 heterocycles. The first-order chi connectivity index (χ1) is 9.04. The molecule has 4 nitrogen and oxygen atoms in total. The molecule has 1 unspecified atom stereocenters. The number of anilines is 2. The lowest BCUT2D eigenvalue weighted by atomic mass is 10.0. The van der Waals surface area contributed by atoms with E-state index in [1.165, 1.54) is 12.8 Å². The highest BCUT2D eigenvalue weighted by molar-refractivity contribution is 5.78. The van der Waals surface area contributed by atoms with E-state index in [2.05, 4.69) is 31.1 Å². The molecule has 1 aromatic carbocycles. The number of hydrogen-bond acceptors (Lipinski definition) is 4. The summed E-state index contributed by atoms with van der Waals surface area (Å²) in [5, 5.41) is 3.31. The van der Waals surface area contributed by atoms with Gasteiger partial charge in [-0.15, -0.1) is 0 Å². The highest BCUT2D eigenvalue weighted by Gasteiger charge is 2.09. The number of aromatic nitrogens is 1. The van der Waals surface area contributed by atoms with Crippen molar-refractivity contribution in [2.24, 2.45) is 5.92 Å². The van der Waals surface area contributed by atoms with Crippen LogP contribution in [0.5, 0.6) is 0 Å². The van der Waals surface area contributed by atoms with Gasteiger partial charge in [-0.1, -0.05) is 26.7 Å². The Bertz CT molecular complexity index is 533. The van der Waals surface area contributed by atoms with Crippen molar-refractivity contribution in [3.63, 3.8) is 0 Å². The Balaban J connectivity index is 1.93. The fraction of sp³-hybridized carbons (Fsp3) is 0.533. The third-order valence-electron chi connectivity index (χ3n) is 3.20. The molecule has 0 aliphatic heterocycles. The van der Waals surface area contributed by atoms with Crippen molar-refractivity contribution < 1.29 is 4.42 Å². The van der Waals surface area contributed by atoms with Gasteiger partial charge in [0, 0.05) is 11.7 Å². The molecule has 0 aliphatic rings. The predicted octanol–water partition coefficient (Wildman–Crippen LogP) is 4.04. The Morgan fingerprint density at radius 2 is 2.05 bits per heavy atom. The average Bonchev–Trinajstić information content (AvgIpc) is 2.69. The van der Waals surface area contributed by atoms with Crippen LogP contribution in [-0.4, -0.2) is 11.0 Å². The first-order valence-electron chi connectivity index (χ1n) is 6.97. The highest BCUT2D eigenvalue weighted by Crippen LogP contribution is 2.22. The molecule has 19 heavy (non-hydrogen) atoms. The Morgan fingerprint density at radius 1 is 1.26 bits per heavy atom. The summed E-state index contributed by atoms with van der Waals surface area (Å²) in [6, 6.07) is 6.45. The van der Waals surface area contributed by atoms with Crippen molar-refractivity contribution in [3.8, 4) is 0 Å². The van der Waals surface area contributed by atoms with Gasteiger partial charge in [0.25, 0.3) is 6.01 Å². The molecule has 0 saturated heterocycles. The van der Waals surface area contributed by atoms with Gasteiger partial charge in [0.2, 0.25) is 0 Å². The number of nitrogens with two attached hydrogens (primary N) is 1. The van der Waals surface area contributed by atoms with Crippen LogP contribution in [0.15, 0.2) is 22.6 Å². The largest absolute Gasteiger partial charge is 0.424 e. The first kappa shape index (κ1) is 13.7. The minimum atomic E-state index is 0.365. The van der Waals surface area contributed by atoms with E-state index in [4.69, 9.17) is 10.2 Å². The van der Waals surface area contributed by atoms with Gasteiger partial charge in [-0.2, -0.15) is 4.98 Å². The Kier molecular flexibility index (Phi) is 4.30. The Labute approximate surface area is 114 Å². The minimum Gasteiger partial charge on any atom is -0.424 e. The number of nitrogens with one attached hydrogen (secondary N) is 1. The van der Waals surface area contributed by atoms with E-state index >= 15 is 0 Å². The first-order valence-corrected chi connectivity index (χ1v) is 6.97. The maximum Gasteiger partial charge on any atom is 0.295 e. The number of nitrogens with zero attached hydrogens (tertiary/aromatic N) is 1. The maximum absolute atomic E-state index is 5.73. The van der Waals surface area contributed by atoms with Crippen LogP contribution in [0, 0.1) is 5.92 Å². The van der Waals surface area contributed by atoms with E-state index in [-0.39, 0.29) is 0 Å². The van der Waals surface area contributed by atoms with Crippen molar-refractivity contribution in [1.82, 2.24) is 4.98 Å². The lowest BCUT2D eigenvalue weighted by molar-refractivity contribution is 0.512. The van der Waals surface area contributed by atoms with E-state index in [0.29, 0.717) is 17.7 Å². The van der Waals surface area contributed by atoms with Gasteiger partial charge in [-0.05, 0) is 37.5 Å². The standard InChI is InChI=1S/C15H23N3O/c1-10(2)5-4-6-11(3)17-15-18-13-9-12(16)7-8-14(13)19-15/h7-11H,4-6,16H2,1-3H3,(H,17,18). The smallest absolute Gasteiger partial charge is 0.295 e. The van der Waals surface area contributed by atoms with Gasteiger partial charge in [-0.25, -0.2) is 0 Å². The van der Waals surface area contributed by atoms with E-state index in [0.717, 1.165) is 23.4 Å². The van der Waals surface area contributed by atoms with Crippen LogP contribution in [0.4, 0.5) is 11.7 Å².